The number of carbonyl (C=O) groups is 2. The van der Waals surface area contributed by atoms with E-state index >= 15 is 0 Å². The van der Waals surface area contributed by atoms with Gasteiger partial charge in [0.15, 0.2) is 6.61 Å². The fraction of sp³-hybridized carbons (Fsp3) is 0.500. The molecule has 0 unspecified atom stereocenters. The predicted octanol–water partition coefficient (Wildman–Crippen LogP) is 2.71. The van der Waals surface area contributed by atoms with Crippen LogP contribution in [0.2, 0.25) is 5.02 Å². The number of hydrogen-bond acceptors (Lipinski definition) is 5. The Labute approximate surface area is 177 Å². The molecule has 0 aliphatic carbocycles. The van der Waals surface area contributed by atoms with Crippen LogP contribution in [0.15, 0.2) is 41.3 Å². The maximum atomic E-state index is 12.7. The average Bonchev–Trinajstić information content (AvgIpc) is 2.70. The van der Waals surface area contributed by atoms with Crippen molar-refractivity contribution in [2.45, 2.75) is 31.6 Å². The van der Waals surface area contributed by atoms with Crippen LogP contribution in [0, 0.1) is 5.92 Å². The Kier molecular flexibility index (Phi) is 8.24. The van der Waals surface area contributed by atoms with E-state index in [4.69, 9.17) is 16.3 Å². The summed E-state index contributed by atoms with van der Waals surface area (Å²) in [6, 6.07) is 5.99. The highest BCUT2D eigenvalue weighted by Gasteiger charge is 2.33. The largest absolute Gasteiger partial charge is 0.455 e. The molecular weight excluding hydrogens is 416 g/mol. The molecule has 0 atom stereocenters. The van der Waals surface area contributed by atoms with Crippen molar-refractivity contribution < 1.29 is 22.7 Å². The summed E-state index contributed by atoms with van der Waals surface area (Å²) in [4.78, 5) is 26.2. The van der Waals surface area contributed by atoms with Gasteiger partial charge in [-0.3, -0.25) is 9.59 Å². The van der Waals surface area contributed by atoms with Gasteiger partial charge in [-0.15, -0.1) is 0 Å². The molecule has 0 radical (unpaired) electrons. The number of ether oxygens (including phenoxy) is 1. The summed E-state index contributed by atoms with van der Waals surface area (Å²) in [7, 11) is -3.63. The quantitative estimate of drug-likeness (QED) is 0.456. The van der Waals surface area contributed by atoms with Gasteiger partial charge in [0.2, 0.25) is 10.0 Å². The molecule has 0 bridgehead atoms. The lowest BCUT2D eigenvalue weighted by atomic mass is 9.98. The normalized spacial score (nSPS) is 15.7. The molecule has 9 heteroatoms. The van der Waals surface area contributed by atoms with Crippen molar-refractivity contribution in [3.63, 3.8) is 0 Å². The van der Waals surface area contributed by atoms with Gasteiger partial charge in [0.1, 0.15) is 0 Å². The first-order chi connectivity index (χ1) is 13.6. The van der Waals surface area contributed by atoms with E-state index in [1.165, 1.54) is 28.6 Å². The Hall–Kier alpha value is -1.90. The topological polar surface area (TPSA) is 84.0 Å². The summed E-state index contributed by atoms with van der Waals surface area (Å²) in [5, 5.41) is 0.463. The first-order valence-corrected chi connectivity index (χ1v) is 11.3. The van der Waals surface area contributed by atoms with Crippen LogP contribution in [0.4, 0.5) is 0 Å². The van der Waals surface area contributed by atoms with E-state index in [2.05, 4.69) is 6.58 Å². The van der Waals surface area contributed by atoms with Gasteiger partial charge in [0.05, 0.1) is 10.8 Å². The lowest BCUT2D eigenvalue weighted by Gasteiger charge is -2.30. The molecule has 1 saturated heterocycles. The Morgan fingerprint density at radius 1 is 1.24 bits per heavy atom. The smallest absolute Gasteiger partial charge is 0.309 e. The molecule has 1 aromatic rings. The van der Waals surface area contributed by atoms with Gasteiger partial charge >= 0.3 is 5.97 Å². The number of halogens is 1. The molecule has 0 N–H and O–H groups in total. The highest BCUT2D eigenvalue weighted by Crippen LogP contribution is 2.25. The maximum absolute atomic E-state index is 12.7. The van der Waals surface area contributed by atoms with Gasteiger partial charge in [-0.1, -0.05) is 23.8 Å². The number of amides is 1. The summed E-state index contributed by atoms with van der Waals surface area (Å²) < 4.78 is 31.9. The first-order valence-electron chi connectivity index (χ1n) is 9.49. The predicted molar refractivity (Wildman–Crippen MR) is 111 cm³/mol. The van der Waals surface area contributed by atoms with Crippen LogP contribution in [0.1, 0.15) is 26.7 Å². The lowest BCUT2D eigenvalue weighted by molar-refractivity contribution is -0.156. The molecule has 0 saturated carbocycles. The molecule has 1 aromatic carbocycles. The highest BCUT2D eigenvalue weighted by molar-refractivity contribution is 7.89. The fourth-order valence-electron chi connectivity index (χ4n) is 3.13. The van der Waals surface area contributed by atoms with Crippen molar-refractivity contribution >= 4 is 33.5 Å². The zero-order valence-corrected chi connectivity index (χ0v) is 18.3. The number of rotatable bonds is 8. The third-order valence-corrected chi connectivity index (χ3v) is 6.94. The van der Waals surface area contributed by atoms with E-state index in [1.54, 1.807) is 4.90 Å². The zero-order chi connectivity index (χ0) is 21.6. The number of esters is 1. The number of hydrogen-bond donors (Lipinski definition) is 0. The Morgan fingerprint density at radius 2 is 1.83 bits per heavy atom. The molecule has 29 heavy (non-hydrogen) atoms. The van der Waals surface area contributed by atoms with Gasteiger partial charge in [0.25, 0.3) is 5.91 Å². The van der Waals surface area contributed by atoms with Crippen LogP contribution in [0.25, 0.3) is 0 Å². The third-order valence-electron chi connectivity index (χ3n) is 4.77. The number of carbonyl (C=O) groups excluding carboxylic acids is 2. The van der Waals surface area contributed by atoms with Crippen molar-refractivity contribution in [1.82, 2.24) is 9.21 Å². The Balaban J connectivity index is 1.87. The standard InChI is InChI=1S/C20H27ClN2O5S/c1-4-22(13-15(2)3)19(24)14-28-20(25)16-9-11-23(12-10-16)29(26,27)18-7-5-17(21)6-8-18/h5-8,16H,2,4,9-14H2,1,3H3. The molecular formula is C20H27ClN2O5S. The summed E-state index contributed by atoms with van der Waals surface area (Å²) in [6.07, 6.45) is 0.701. The Morgan fingerprint density at radius 3 is 2.34 bits per heavy atom. The SMILES string of the molecule is C=C(C)CN(CC)C(=O)COC(=O)C1CCN(S(=O)(=O)c2ccc(Cl)cc2)CC1. The number of nitrogens with zero attached hydrogens (tertiary/aromatic N) is 2. The monoisotopic (exact) mass is 442 g/mol. The zero-order valence-electron chi connectivity index (χ0n) is 16.8. The molecule has 1 aliphatic rings. The van der Waals surface area contributed by atoms with E-state index < -0.39 is 21.9 Å². The second kappa shape index (κ2) is 10.2. The summed E-state index contributed by atoms with van der Waals surface area (Å²) in [5.41, 5.74) is 0.848. The lowest BCUT2D eigenvalue weighted by Crippen LogP contribution is -2.41. The van der Waals surface area contributed by atoms with Gasteiger partial charge in [0, 0.05) is 31.2 Å². The molecule has 0 spiro atoms. The van der Waals surface area contributed by atoms with Crippen molar-refractivity contribution in [2.75, 3.05) is 32.8 Å². The Bertz CT molecular complexity index is 846. The fourth-order valence-corrected chi connectivity index (χ4v) is 4.73. The third kappa shape index (κ3) is 6.29. The maximum Gasteiger partial charge on any atom is 0.309 e. The van der Waals surface area contributed by atoms with E-state index in [0.717, 1.165) is 5.57 Å². The molecule has 2 rings (SSSR count). The van der Waals surface area contributed by atoms with Crippen LogP contribution >= 0.6 is 11.6 Å². The molecule has 1 aliphatic heterocycles. The summed E-state index contributed by atoms with van der Waals surface area (Å²) >= 11 is 5.82. The van der Waals surface area contributed by atoms with Crippen LogP contribution in [-0.4, -0.2) is 62.3 Å². The highest BCUT2D eigenvalue weighted by atomic mass is 35.5. The van der Waals surface area contributed by atoms with Gasteiger partial charge in [-0.2, -0.15) is 4.31 Å². The van der Waals surface area contributed by atoms with Crippen LogP contribution in [0.5, 0.6) is 0 Å². The first kappa shape index (κ1) is 23.4. The molecule has 1 fully saturated rings. The molecule has 1 amide bonds. The molecule has 0 aromatic heterocycles. The van der Waals surface area contributed by atoms with Crippen molar-refractivity contribution in [2.24, 2.45) is 5.92 Å². The van der Waals surface area contributed by atoms with E-state index in [9.17, 15) is 18.0 Å². The minimum Gasteiger partial charge on any atom is -0.455 e. The minimum absolute atomic E-state index is 0.172. The van der Waals surface area contributed by atoms with Crippen LogP contribution in [-0.2, 0) is 24.3 Å². The van der Waals surface area contributed by atoms with Crippen molar-refractivity contribution in [3.8, 4) is 0 Å². The van der Waals surface area contributed by atoms with E-state index in [0.29, 0.717) is 31.0 Å². The second-order valence-corrected chi connectivity index (χ2v) is 9.48. The minimum atomic E-state index is -3.63. The second-order valence-electron chi connectivity index (χ2n) is 7.11. The summed E-state index contributed by atoms with van der Waals surface area (Å²) in [6.45, 7) is 8.51. The average molecular weight is 443 g/mol. The number of sulfonamides is 1. The van der Waals surface area contributed by atoms with Gasteiger partial charge in [-0.05, 0) is 51.0 Å². The van der Waals surface area contributed by atoms with Crippen molar-refractivity contribution in [1.29, 1.82) is 0 Å². The number of likely N-dealkylation sites (N-methyl/N-ethyl adjacent to an activating group) is 1. The van der Waals surface area contributed by atoms with Gasteiger partial charge in [-0.25, -0.2) is 8.42 Å². The number of benzene rings is 1. The molecule has 160 valence electrons. The van der Waals surface area contributed by atoms with Crippen LogP contribution < -0.4 is 0 Å². The number of piperidine rings is 1. The molecule has 1 heterocycles. The van der Waals surface area contributed by atoms with E-state index in [-0.39, 0.29) is 30.5 Å². The van der Waals surface area contributed by atoms with E-state index in [1.807, 2.05) is 13.8 Å². The van der Waals surface area contributed by atoms with Crippen LogP contribution in [0.3, 0.4) is 0 Å². The van der Waals surface area contributed by atoms with Gasteiger partial charge < -0.3 is 9.64 Å². The molecule has 7 nitrogen and oxygen atoms in total. The van der Waals surface area contributed by atoms with Crippen molar-refractivity contribution in [3.05, 3.63) is 41.4 Å². The summed E-state index contributed by atoms with van der Waals surface area (Å²) in [5.74, 6) is -1.16.